The molecule has 4 nitrogen and oxygen atoms in total. The zero-order valence-electron chi connectivity index (χ0n) is 12.3. The van der Waals surface area contributed by atoms with Crippen LogP contribution in [0, 0.1) is 0 Å². The highest BCUT2D eigenvalue weighted by molar-refractivity contribution is 5.95. The van der Waals surface area contributed by atoms with Gasteiger partial charge in [-0.1, -0.05) is 12.1 Å². The second kappa shape index (κ2) is 7.30. The number of halogens is 3. The fourth-order valence-electron chi connectivity index (χ4n) is 2.25. The van der Waals surface area contributed by atoms with Gasteiger partial charge in [0.2, 0.25) is 11.8 Å². The minimum absolute atomic E-state index is 0.209. The Morgan fingerprint density at radius 3 is 2.57 bits per heavy atom. The van der Waals surface area contributed by atoms with E-state index in [1.165, 1.54) is 24.3 Å². The zero-order valence-corrected chi connectivity index (χ0v) is 12.3. The van der Waals surface area contributed by atoms with Crippen molar-refractivity contribution in [3.8, 4) is 0 Å². The molecule has 1 unspecified atom stereocenters. The molecule has 0 saturated carbocycles. The van der Waals surface area contributed by atoms with Crippen LogP contribution >= 0.6 is 0 Å². The first-order valence-corrected chi connectivity index (χ1v) is 7.30. The fourth-order valence-corrected chi connectivity index (χ4v) is 2.25. The first-order valence-electron chi connectivity index (χ1n) is 7.30. The van der Waals surface area contributed by atoms with Gasteiger partial charge in [0.05, 0.1) is 5.56 Å². The van der Waals surface area contributed by atoms with E-state index in [2.05, 4.69) is 10.6 Å². The highest BCUT2D eigenvalue weighted by Crippen LogP contribution is 2.29. The van der Waals surface area contributed by atoms with E-state index >= 15 is 0 Å². The standard InChI is InChI=1S/C16H17F3N2O2/c17-16(18,19)12-7-4-11(5-8-12)6-9-14(22)21-13-3-1-2-10-20-15(13)23/h4-9,13H,1-3,10H2,(H,20,23)(H,21,22)/b9-6+. The summed E-state index contributed by atoms with van der Waals surface area (Å²) in [4.78, 5) is 23.5. The predicted octanol–water partition coefficient (Wildman–Crippen LogP) is 2.50. The van der Waals surface area contributed by atoms with E-state index < -0.39 is 23.7 Å². The lowest BCUT2D eigenvalue weighted by Crippen LogP contribution is -2.44. The van der Waals surface area contributed by atoms with Gasteiger partial charge in [0.25, 0.3) is 0 Å². The first kappa shape index (κ1) is 17.1. The minimum atomic E-state index is -4.38. The number of carbonyl (C=O) groups excluding carboxylic acids is 2. The zero-order chi connectivity index (χ0) is 16.9. The SMILES string of the molecule is O=C(/C=C/c1ccc(C(F)(F)F)cc1)NC1CCCCNC1=O. The van der Waals surface area contributed by atoms with Crippen molar-refractivity contribution in [2.45, 2.75) is 31.5 Å². The Hall–Kier alpha value is -2.31. The summed E-state index contributed by atoms with van der Waals surface area (Å²) in [6, 6.07) is 3.91. The highest BCUT2D eigenvalue weighted by Gasteiger charge is 2.29. The molecule has 1 fully saturated rings. The van der Waals surface area contributed by atoms with Crippen LogP contribution in [0.2, 0.25) is 0 Å². The summed E-state index contributed by atoms with van der Waals surface area (Å²) in [5, 5.41) is 5.31. The van der Waals surface area contributed by atoms with Crippen molar-refractivity contribution < 1.29 is 22.8 Å². The maximum Gasteiger partial charge on any atom is 0.416 e. The van der Waals surface area contributed by atoms with Gasteiger partial charge in [-0.25, -0.2) is 0 Å². The number of nitrogens with one attached hydrogen (secondary N) is 2. The number of rotatable bonds is 3. The molecule has 1 saturated heterocycles. The lowest BCUT2D eigenvalue weighted by atomic mass is 10.1. The van der Waals surface area contributed by atoms with Gasteiger partial charge in [-0.2, -0.15) is 13.2 Å². The third-order valence-corrected chi connectivity index (χ3v) is 3.52. The van der Waals surface area contributed by atoms with Crippen molar-refractivity contribution in [3.05, 3.63) is 41.5 Å². The molecule has 1 aliphatic heterocycles. The van der Waals surface area contributed by atoms with Crippen LogP contribution in [0.5, 0.6) is 0 Å². The first-order chi connectivity index (χ1) is 10.9. The van der Waals surface area contributed by atoms with E-state index in [-0.39, 0.29) is 5.91 Å². The number of amides is 2. The number of hydrogen-bond acceptors (Lipinski definition) is 2. The Labute approximate surface area is 131 Å². The van der Waals surface area contributed by atoms with Crippen LogP contribution in [0.1, 0.15) is 30.4 Å². The van der Waals surface area contributed by atoms with E-state index in [9.17, 15) is 22.8 Å². The van der Waals surface area contributed by atoms with E-state index in [0.717, 1.165) is 25.0 Å². The Kier molecular flexibility index (Phi) is 5.41. The van der Waals surface area contributed by atoms with Crippen molar-refractivity contribution in [1.82, 2.24) is 10.6 Å². The van der Waals surface area contributed by atoms with E-state index in [4.69, 9.17) is 0 Å². The smallest absolute Gasteiger partial charge is 0.354 e. The number of alkyl halides is 3. The quantitative estimate of drug-likeness (QED) is 0.839. The van der Waals surface area contributed by atoms with E-state index in [1.54, 1.807) is 0 Å². The Morgan fingerprint density at radius 2 is 1.91 bits per heavy atom. The summed E-state index contributed by atoms with van der Waals surface area (Å²) in [6.45, 7) is 0.604. The molecule has 7 heteroatoms. The molecule has 23 heavy (non-hydrogen) atoms. The normalized spacial score (nSPS) is 19.3. The van der Waals surface area contributed by atoms with Crippen LogP contribution in [-0.2, 0) is 15.8 Å². The van der Waals surface area contributed by atoms with Gasteiger partial charge in [0.15, 0.2) is 0 Å². The summed E-state index contributed by atoms with van der Waals surface area (Å²) >= 11 is 0. The molecular weight excluding hydrogens is 309 g/mol. The predicted molar refractivity (Wildman–Crippen MR) is 79.3 cm³/mol. The van der Waals surface area contributed by atoms with Crippen LogP contribution in [0.3, 0.4) is 0 Å². The van der Waals surface area contributed by atoms with Crippen molar-refractivity contribution >= 4 is 17.9 Å². The van der Waals surface area contributed by atoms with Gasteiger partial charge in [-0.05, 0) is 43.0 Å². The highest BCUT2D eigenvalue weighted by atomic mass is 19.4. The molecule has 1 heterocycles. The maximum absolute atomic E-state index is 12.4. The molecule has 2 rings (SSSR count). The number of carbonyl (C=O) groups is 2. The lowest BCUT2D eigenvalue weighted by Gasteiger charge is -2.13. The van der Waals surface area contributed by atoms with Gasteiger partial charge in [-0.15, -0.1) is 0 Å². The summed E-state index contributed by atoms with van der Waals surface area (Å²) in [5.41, 5.74) is -0.271. The average Bonchev–Trinajstić information content (AvgIpc) is 2.70. The van der Waals surface area contributed by atoms with Gasteiger partial charge in [0.1, 0.15) is 6.04 Å². The lowest BCUT2D eigenvalue weighted by molar-refractivity contribution is -0.137. The van der Waals surface area contributed by atoms with Crippen molar-refractivity contribution in [1.29, 1.82) is 0 Å². The van der Waals surface area contributed by atoms with Gasteiger partial charge < -0.3 is 10.6 Å². The largest absolute Gasteiger partial charge is 0.416 e. The molecule has 0 aliphatic carbocycles. The third kappa shape index (κ3) is 5.12. The van der Waals surface area contributed by atoms with Crippen LogP contribution in [-0.4, -0.2) is 24.4 Å². The molecule has 2 amide bonds. The molecule has 1 aliphatic rings. The van der Waals surface area contributed by atoms with Crippen LogP contribution in [0.15, 0.2) is 30.3 Å². The fraction of sp³-hybridized carbons (Fsp3) is 0.375. The molecule has 0 spiro atoms. The summed E-state index contributed by atoms with van der Waals surface area (Å²) in [5.74, 6) is -0.661. The molecule has 0 radical (unpaired) electrons. The number of benzene rings is 1. The van der Waals surface area contributed by atoms with Crippen LogP contribution in [0.4, 0.5) is 13.2 Å². The molecule has 2 N–H and O–H groups in total. The second-order valence-corrected chi connectivity index (χ2v) is 5.30. The Morgan fingerprint density at radius 1 is 1.22 bits per heavy atom. The monoisotopic (exact) mass is 326 g/mol. The average molecular weight is 326 g/mol. The van der Waals surface area contributed by atoms with Crippen LogP contribution in [0.25, 0.3) is 6.08 Å². The van der Waals surface area contributed by atoms with E-state index in [1.807, 2.05) is 0 Å². The van der Waals surface area contributed by atoms with Gasteiger partial charge >= 0.3 is 6.18 Å². The minimum Gasteiger partial charge on any atom is -0.354 e. The van der Waals surface area contributed by atoms with Crippen molar-refractivity contribution in [3.63, 3.8) is 0 Å². The molecule has 1 aromatic carbocycles. The molecule has 1 atom stereocenters. The number of hydrogen-bond donors (Lipinski definition) is 2. The van der Waals surface area contributed by atoms with Crippen molar-refractivity contribution in [2.75, 3.05) is 6.54 Å². The summed E-state index contributed by atoms with van der Waals surface area (Å²) < 4.78 is 37.3. The second-order valence-electron chi connectivity index (χ2n) is 5.30. The van der Waals surface area contributed by atoms with E-state index in [0.29, 0.717) is 18.5 Å². The third-order valence-electron chi connectivity index (χ3n) is 3.52. The molecule has 0 bridgehead atoms. The molecule has 0 aromatic heterocycles. The molecular formula is C16H17F3N2O2. The molecule has 1 aromatic rings. The van der Waals surface area contributed by atoms with Gasteiger partial charge in [-0.3, -0.25) is 9.59 Å². The molecule has 124 valence electrons. The Balaban J connectivity index is 1.94. The maximum atomic E-state index is 12.4. The van der Waals surface area contributed by atoms with Crippen molar-refractivity contribution in [2.24, 2.45) is 0 Å². The topological polar surface area (TPSA) is 58.2 Å². The summed E-state index contributed by atoms with van der Waals surface area (Å²) in [6.07, 6.45) is 0.523. The van der Waals surface area contributed by atoms with Gasteiger partial charge in [0, 0.05) is 12.6 Å². The summed E-state index contributed by atoms with van der Waals surface area (Å²) in [7, 11) is 0. The Bertz CT molecular complexity index is 594. The van der Waals surface area contributed by atoms with Crippen LogP contribution < -0.4 is 10.6 Å².